The molecule has 1 amide bonds. The normalized spacial score (nSPS) is 10.4. The van der Waals surface area contributed by atoms with Crippen molar-refractivity contribution in [2.45, 2.75) is 6.92 Å². The summed E-state index contributed by atoms with van der Waals surface area (Å²) >= 11 is 5.96. The van der Waals surface area contributed by atoms with Crippen molar-refractivity contribution in [1.82, 2.24) is 0 Å². The summed E-state index contributed by atoms with van der Waals surface area (Å²) in [5, 5.41) is 3.31. The fourth-order valence-corrected chi connectivity index (χ4v) is 2.46. The summed E-state index contributed by atoms with van der Waals surface area (Å²) in [7, 11) is 0. The number of hydrogen-bond acceptors (Lipinski definition) is 3. The van der Waals surface area contributed by atoms with Gasteiger partial charge in [-0.2, -0.15) is 0 Å². The number of amides is 1. The highest BCUT2D eigenvalue weighted by atomic mass is 35.5. The molecule has 24 heavy (non-hydrogen) atoms. The topological polar surface area (TPSA) is 59.3 Å². The van der Waals surface area contributed by atoms with Crippen molar-refractivity contribution in [2.75, 3.05) is 5.32 Å². The van der Waals surface area contributed by atoms with Crippen LogP contribution < -0.4 is 5.32 Å². The molecule has 0 aliphatic rings. The number of Topliss-reactive ketones (excluding diaryl/α,β-unsaturated/α-hetero) is 1. The van der Waals surface area contributed by atoms with Crippen molar-refractivity contribution >= 4 is 29.0 Å². The van der Waals surface area contributed by atoms with Gasteiger partial charge in [0, 0.05) is 21.8 Å². The molecule has 0 aliphatic heterocycles. The third kappa shape index (κ3) is 3.55. The van der Waals surface area contributed by atoms with E-state index in [0.717, 1.165) is 5.56 Å². The van der Waals surface area contributed by atoms with E-state index in [4.69, 9.17) is 16.0 Å². The Kier molecular flexibility index (Phi) is 4.49. The molecule has 3 rings (SSSR count). The zero-order chi connectivity index (χ0) is 17.1. The second-order valence-corrected chi connectivity index (χ2v) is 5.70. The minimum atomic E-state index is -0.385. The minimum absolute atomic E-state index is 0.0626. The SMILES string of the molecule is CC(=O)c1cccc(NC(=O)c2ccc(-c3cccc(Cl)c3)o2)c1. The van der Waals surface area contributed by atoms with Gasteiger partial charge in [-0.3, -0.25) is 9.59 Å². The molecule has 1 heterocycles. The van der Waals surface area contributed by atoms with Gasteiger partial charge in [0.1, 0.15) is 5.76 Å². The van der Waals surface area contributed by atoms with Crippen LogP contribution in [-0.4, -0.2) is 11.7 Å². The first kappa shape index (κ1) is 16.0. The molecule has 0 fully saturated rings. The van der Waals surface area contributed by atoms with Crippen LogP contribution in [0.15, 0.2) is 65.1 Å². The third-order valence-corrected chi connectivity index (χ3v) is 3.70. The van der Waals surface area contributed by atoms with Gasteiger partial charge in [-0.1, -0.05) is 35.9 Å². The molecule has 0 spiro atoms. The molecule has 1 aromatic heterocycles. The van der Waals surface area contributed by atoms with Crippen LogP contribution in [0.1, 0.15) is 27.8 Å². The molecule has 0 saturated carbocycles. The van der Waals surface area contributed by atoms with Gasteiger partial charge in [0.2, 0.25) is 0 Å². The van der Waals surface area contributed by atoms with Crippen LogP contribution >= 0.6 is 11.6 Å². The van der Waals surface area contributed by atoms with Gasteiger partial charge >= 0.3 is 0 Å². The quantitative estimate of drug-likeness (QED) is 0.676. The Morgan fingerprint density at radius 2 is 1.79 bits per heavy atom. The summed E-state index contributed by atoms with van der Waals surface area (Å²) in [4.78, 5) is 23.7. The Labute approximate surface area is 144 Å². The van der Waals surface area contributed by atoms with Gasteiger partial charge in [-0.15, -0.1) is 0 Å². The molecular weight excluding hydrogens is 326 g/mol. The predicted octanol–water partition coefficient (Wildman–Crippen LogP) is 5.05. The number of carbonyl (C=O) groups excluding carboxylic acids is 2. The summed E-state index contributed by atoms with van der Waals surface area (Å²) in [6.45, 7) is 1.48. The Morgan fingerprint density at radius 1 is 1.00 bits per heavy atom. The first-order valence-electron chi connectivity index (χ1n) is 7.31. The molecule has 0 bridgehead atoms. The standard InChI is InChI=1S/C19H14ClNO3/c1-12(22)13-4-3-7-16(11-13)21-19(23)18-9-8-17(24-18)14-5-2-6-15(20)10-14/h2-11H,1H3,(H,21,23). The minimum Gasteiger partial charge on any atom is -0.451 e. The summed E-state index contributed by atoms with van der Waals surface area (Å²) in [6, 6.07) is 17.3. The Balaban J connectivity index is 1.79. The molecule has 0 radical (unpaired) electrons. The maximum absolute atomic E-state index is 12.3. The molecule has 4 nitrogen and oxygen atoms in total. The molecule has 0 saturated heterocycles. The summed E-state index contributed by atoms with van der Waals surface area (Å²) in [6.07, 6.45) is 0. The van der Waals surface area contributed by atoms with E-state index in [1.54, 1.807) is 48.5 Å². The molecule has 120 valence electrons. The average molecular weight is 340 g/mol. The number of furan rings is 1. The fraction of sp³-hybridized carbons (Fsp3) is 0.0526. The number of hydrogen-bond donors (Lipinski definition) is 1. The van der Waals surface area contributed by atoms with Crippen LogP contribution in [0.2, 0.25) is 5.02 Å². The number of benzene rings is 2. The zero-order valence-electron chi connectivity index (χ0n) is 12.9. The van der Waals surface area contributed by atoms with E-state index in [2.05, 4.69) is 5.32 Å². The van der Waals surface area contributed by atoms with E-state index >= 15 is 0 Å². The molecule has 0 aliphatic carbocycles. The van der Waals surface area contributed by atoms with Crippen LogP contribution in [0.4, 0.5) is 5.69 Å². The van der Waals surface area contributed by atoms with E-state index in [9.17, 15) is 9.59 Å². The average Bonchev–Trinajstić information content (AvgIpc) is 3.05. The fourth-order valence-electron chi connectivity index (χ4n) is 2.27. The zero-order valence-corrected chi connectivity index (χ0v) is 13.6. The first-order chi connectivity index (χ1) is 11.5. The number of nitrogens with one attached hydrogen (secondary N) is 1. The van der Waals surface area contributed by atoms with Crippen LogP contribution in [-0.2, 0) is 0 Å². The molecule has 1 N–H and O–H groups in total. The molecular formula is C19H14ClNO3. The summed E-state index contributed by atoms with van der Waals surface area (Å²) in [5.41, 5.74) is 1.86. The second kappa shape index (κ2) is 6.72. The maximum Gasteiger partial charge on any atom is 0.291 e. The highest BCUT2D eigenvalue weighted by molar-refractivity contribution is 6.30. The lowest BCUT2D eigenvalue weighted by Crippen LogP contribution is -2.11. The van der Waals surface area contributed by atoms with Gasteiger partial charge in [0.05, 0.1) is 0 Å². The lowest BCUT2D eigenvalue weighted by atomic mass is 10.1. The highest BCUT2D eigenvalue weighted by Gasteiger charge is 2.13. The molecule has 3 aromatic rings. The van der Waals surface area contributed by atoms with Crippen molar-refractivity contribution in [3.63, 3.8) is 0 Å². The van der Waals surface area contributed by atoms with E-state index in [-0.39, 0.29) is 17.5 Å². The van der Waals surface area contributed by atoms with E-state index in [1.165, 1.54) is 6.92 Å². The largest absolute Gasteiger partial charge is 0.451 e. The van der Waals surface area contributed by atoms with Crippen LogP contribution in [0.25, 0.3) is 11.3 Å². The van der Waals surface area contributed by atoms with Gasteiger partial charge in [-0.25, -0.2) is 0 Å². The summed E-state index contributed by atoms with van der Waals surface area (Å²) in [5.74, 6) is 0.287. The van der Waals surface area contributed by atoms with Gasteiger partial charge in [0.15, 0.2) is 11.5 Å². The Hall–Kier alpha value is -2.85. The van der Waals surface area contributed by atoms with Crippen molar-refractivity contribution < 1.29 is 14.0 Å². The number of ketones is 1. The molecule has 0 unspecified atom stereocenters. The van der Waals surface area contributed by atoms with Crippen LogP contribution in [0.5, 0.6) is 0 Å². The monoisotopic (exact) mass is 339 g/mol. The maximum atomic E-state index is 12.3. The van der Waals surface area contributed by atoms with Gasteiger partial charge in [-0.05, 0) is 43.3 Å². The van der Waals surface area contributed by atoms with E-state index in [0.29, 0.717) is 22.0 Å². The molecule has 0 atom stereocenters. The molecule has 5 heteroatoms. The first-order valence-corrected chi connectivity index (χ1v) is 7.69. The van der Waals surface area contributed by atoms with Crippen LogP contribution in [0, 0.1) is 0 Å². The van der Waals surface area contributed by atoms with E-state index < -0.39 is 0 Å². The predicted molar refractivity (Wildman–Crippen MR) is 93.6 cm³/mol. The Morgan fingerprint density at radius 3 is 2.54 bits per heavy atom. The van der Waals surface area contributed by atoms with Gasteiger partial charge < -0.3 is 9.73 Å². The smallest absolute Gasteiger partial charge is 0.291 e. The number of halogens is 1. The van der Waals surface area contributed by atoms with Crippen molar-refractivity contribution in [3.8, 4) is 11.3 Å². The highest BCUT2D eigenvalue weighted by Crippen LogP contribution is 2.25. The second-order valence-electron chi connectivity index (χ2n) is 5.27. The van der Waals surface area contributed by atoms with Gasteiger partial charge in [0.25, 0.3) is 5.91 Å². The lowest BCUT2D eigenvalue weighted by Gasteiger charge is -2.04. The lowest BCUT2D eigenvalue weighted by molar-refractivity contribution is 0.0992. The van der Waals surface area contributed by atoms with E-state index in [1.807, 2.05) is 12.1 Å². The number of anilines is 1. The summed E-state index contributed by atoms with van der Waals surface area (Å²) < 4.78 is 5.60. The van der Waals surface area contributed by atoms with Crippen molar-refractivity contribution in [3.05, 3.63) is 77.0 Å². The van der Waals surface area contributed by atoms with Crippen LogP contribution in [0.3, 0.4) is 0 Å². The number of rotatable bonds is 4. The molecule has 2 aromatic carbocycles. The van der Waals surface area contributed by atoms with Crippen molar-refractivity contribution in [2.24, 2.45) is 0 Å². The Bertz CT molecular complexity index is 914. The van der Waals surface area contributed by atoms with Crippen molar-refractivity contribution in [1.29, 1.82) is 0 Å². The number of carbonyl (C=O) groups is 2. The third-order valence-electron chi connectivity index (χ3n) is 3.47.